The first-order valence-electron chi connectivity index (χ1n) is 12.3. The normalized spacial score (nSPS) is 17.1. The fraction of sp³-hybridized carbons (Fsp3) is 0.423. The molecule has 0 amide bonds. The van der Waals surface area contributed by atoms with E-state index in [1.807, 2.05) is 42.9 Å². The first-order chi connectivity index (χ1) is 17.0. The molecule has 0 radical (unpaired) electrons. The van der Waals surface area contributed by atoms with E-state index in [4.69, 9.17) is 4.74 Å². The van der Waals surface area contributed by atoms with Gasteiger partial charge in [-0.25, -0.2) is 0 Å². The van der Waals surface area contributed by atoms with Crippen molar-refractivity contribution in [3.05, 3.63) is 51.7 Å². The van der Waals surface area contributed by atoms with Gasteiger partial charge in [-0.1, -0.05) is 12.5 Å². The highest BCUT2D eigenvalue weighted by Crippen LogP contribution is 2.29. The highest BCUT2D eigenvalue weighted by molar-refractivity contribution is 5.92. The van der Waals surface area contributed by atoms with E-state index in [2.05, 4.69) is 38.3 Å². The summed E-state index contributed by atoms with van der Waals surface area (Å²) >= 11 is 0. The molecule has 1 aliphatic rings. The van der Waals surface area contributed by atoms with E-state index in [1.54, 1.807) is 13.2 Å². The van der Waals surface area contributed by atoms with Crippen LogP contribution in [-0.2, 0) is 20.6 Å². The van der Waals surface area contributed by atoms with Crippen molar-refractivity contribution < 1.29 is 4.74 Å². The molecule has 5 rings (SSSR count). The molecule has 0 saturated carbocycles. The lowest BCUT2D eigenvalue weighted by atomic mass is 10.0. The number of piperidine rings is 1. The number of benzene rings is 1. The summed E-state index contributed by atoms with van der Waals surface area (Å²) in [6, 6.07) is 6.42. The molecule has 1 aromatic carbocycles. The summed E-state index contributed by atoms with van der Waals surface area (Å²) in [5, 5.41) is 16.2. The Balaban J connectivity index is 1.51. The maximum Gasteiger partial charge on any atom is 0.274 e. The number of likely N-dealkylation sites (tertiary alicyclic amines) is 1. The summed E-state index contributed by atoms with van der Waals surface area (Å²) in [7, 11) is 3.70. The van der Waals surface area contributed by atoms with Crippen LogP contribution in [0.3, 0.4) is 0 Å². The minimum atomic E-state index is -0.0572. The maximum absolute atomic E-state index is 12.4. The number of aromatic amines is 2. The quantitative estimate of drug-likeness (QED) is 0.422. The number of aryl methyl sites for hydroxylation is 2. The van der Waals surface area contributed by atoms with E-state index >= 15 is 0 Å². The van der Waals surface area contributed by atoms with Gasteiger partial charge in [0.1, 0.15) is 0 Å². The van der Waals surface area contributed by atoms with Gasteiger partial charge < -0.3 is 9.84 Å². The number of ether oxygens (including phenoxy) is 1. The largest absolute Gasteiger partial charge is 0.476 e. The Morgan fingerprint density at radius 2 is 2.09 bits per heavy atom. The number of rotatable bonds is 7. The molecule has 1 saturated heterocycles. The summed E-state index contributed by atoms with van der Waals surface area (Å²) in [5.41, 5.74) is 5.28. The molecule has 9 heteroatoms. The molecule has 0 unspecified atom stereocenters. The Morgan fingerprint density at radius 3 is 2.83 bits per heavy atom. The van der Waals surface area contributed by atoms with Gasteiger partial charge in [0.05, 0.1) is 34.6 Å². The van der Waals surface area contributed by atoms with Crippen molar-refractivity contribution in [2.24, 2.45) is 14.1 Å². The van der Waals surface area contributed by atoms with Crippen LogP contribution < -0.4 is 10.3 Å². The van der Waals surface area contributed by atoms with Crippen LogP contribution in [0.2, 0.25) is 0 Å². The Morgan fingerprint density at radius 1 is 1.23 bits per heavy atom. The number of nitrogens with one attached hydrogen (secondary N) is 2. The average Bonchev–Trinajstić information content (AvgIpc) is 3.50. The second kappa shape index (κ2) is 9.58. The van der Waals surface area contributed by atoms with Gasteiger partial charge in [-0.05, 0) is 63.1 Å². The van der Waals surface area contributed by atoms with Gasteiger partial charge >= 0.3 is 0 Å². The van der Waals surface area contributed by atoms with Gasteiger partial charge in [0.15, 0.2) is 0 Å². The van der Waals surface area contributed by atoms with Gasteiger partial charge in [0, 0.05) is 38.3 Å². The van der Waals surface area contributed by atoms with E-state index in [-0.39, 0.29) is 5.56 Å². The number of aromatic nitrogens is 6. The predicted octanol–water partition coefficient (Wildman–Crippen LogP) is 3.93. The lowest BCUT2D eigenvalue weighted by Gasteiger charge is -2.33. The van der Waals surface area contributed by atoms with Gasteiger partial charge in [-0.15, -0.1) is 5.10 Å². The molecular formula is C26H33N7O2. The third kappa shape index (κ3) is 4.43. The smallest absolute Gasteiger partial charge is 0.274 e. The lowest BCUT2D eigenvalue weighted by Crippen LogP contribution is -2.37. The minimum Gasteiger partial charge on any atom is -0.476 e. The fourth-order valence-electron chi connectivity index (χ4n) is 4.89. The number of hydrogen-bond acceptors (Lipinski definition) is 5. The first-order valence-corrected chi connectivity index (χ1v) is 12.3. The summed E-state index contributed by atoms with van der Waals surface area (Å²) in [4.78, 5) is 15.0. The summed E-state index contributed by atoms with van der Waals surface area (Å²) in [6.45, 7) is 6.78. The Kier molecular flexibility index (Phi) is 6.34. The van der Waals surface area contributed by atoms with E-state index in [0.29, 0.717) is 24.1 Å². The topological polar surface area (TPSA) is 96.8 Å². The monoisotopic (exact) mass is 475 g/mol. The predicted molar refractivity (Wildman–Crippen MR) is 138 cm³/mol. The van der Waals surface area contributed by atoms with Crippen molar-refractivity contribution in [3.63, 3.8) is 0 Å². The molecule has 9 nitrogen and oxygen atoms in total. The Bertz CT molecular complexity index is 1420. The van der Waals surface area contributed by atoms with E-state index < -0.39 is 0 Å². The molecule has 1 aliphatic heterocycles. The van der Waals surface area contributed by atoms with Gasteiger partial charge in [-0.2, -0.15) is 5.10 Å². The van der Waals surface area contributed by atoms with E-state index in [1.165, 1.54) is 23.9 Å². The van der Waals surface area contributed by atoms with Crippen LogP contribution in [0.25, 0.3) is 34.2 Å². The molecule has 184 valence electrons. The second-order valence-electron chi connectivity index (χ2n) is 9.29. The summed E-state index contributed by atoms with van der Waals surface area (Å²) in [6.07, 6.45) is 9.58. The molecule has 3 aromatic heterocycles. The van der Waals surface area contributed by atoms with Crippen molar-refractivity contribution in [2.75, 3.05) is 13.2 Å². The SMILES string of the molecule is CCOc1nn(C)c(CN2CCCC[C@H]2C)c1/C=C/c1[nH]nc2ccc(-c3c[nH]n(C)c3=O)cc12. The Labute approximate surface area is 204 Å². The van der Waals surface area contributed by atoms with Crippen LogP contribution >= 0.6 is 0 Å². The van der Waals surface area contributed by atoms with Crippen molar-refractivity contribution in [1.29, 1.82) is 0 Å². The van der Waals surface area contributed by atoms with Crippen molar-refractivity contribution in [3.8, 4) is 17.0 Å². The molecule has 2 N–H and O–H groups in total. The molecule has 4 aromatic rings. The van der Waals surface area contributed by atoms with Crippen molar-refractivity contribution in [2.45, 2.75) is 45.7 Å². The molecule has 1 atom stereocenters. The van der Waals surface area contributed by atoms with Crippen LogP contribution in [0, 0.1) is 0 Å². The molecule has 4 heterocycles. The number of fused-ring (bicyclic) bond motifs is 1. The fourth-order valence-corrected chi connectivity index (χ4v) is 4.89. The van der Waals surface area contributed by atoms with Crippen LogP contribution in [0.1, 0.15) is 50.1 Å². The average molecular weight is 476 g/mol. The van der Waals surface area contributed by atoms with Crippen LogP contribution in [0.15, 0.2) is 29.2 Å². The number of nitrogens with zero attached hydrogens (tertiary/aromatic N) is 5. The molecule has 1 fully saturated rings. The molecule has 0 spiro atoms. The molecule has 0 bridgehead atoms. The lowest BCUT2D eigenvalue weighted by molar-refractivity contribution is 0.149. The number of hydrogen-bond donors (Lipinski definition) is 2. The zero-order valence-corrected chi connectivity index (χ0v) is 20.8. The highest BCUT2D eigenvalue weighted by Gasteiger charge is 2.23. The third-order valence-corrected chi connectivity index (χ3v) is 7.00. The molecule has 0 aliphatic carbocycles. The summed E-state index contributed by atoms with van der Waals surface area (Å²) < 4.78 is 9.31. The van der Waals surface area contributed by atoms with Crippen LogP contribution in [0.4, 0.5) is 0 Å². The summed E-state index contributed by atoms with van der Waals surface area (Å²) in [5.74, 6) is 0.645. The second-order valence-corrected chi connectivity index (χ2v) is 9.29. The number of H-pyrrole nitrogens is 2. The highest BCUT2D eigenvalue weighted by atomic mass is 16.5. The van der Waals surface area contributed by atoms with Crippen molar-refractivity contribution >= 4 is 23.1 Å². The van der Waals surface area contributed by atoms with Crippen LogP contribution in [-0.4, -0.2) is 53.9 Å². The van der Waals surface area contributed by atoms with Crippen molar-refractivity contribution in [1.82, 2.24) is 34.7 Å². The van der Waals surface area contributed by atoms with Crippen LogP contribution in [0.5, 0.6) is 5.88 Å². The molecular weight excluding hydrogens is 442 g/mol. The first kappa shape index (κ1) is 23.2. The van der Waals surface area contributed by atoms with Gasteiger partial charge in [-0.3, -0.25) is 24.2 Å². The zero-order chi connectivity index (χ0) is 24.5. The Hall–Kier alpha value is -3.59. The zero-order valence-electron chi connectivity index (χ0n) is 20.8. The minimum absolute atomic E-state index is 0.0572. The standard InChI is InChI=1S/C26H33N7O2/c1-5-35-25-19(24(31(3)30-25)16-33-13-7-6-8-17(33)2)10-12-23-20-14-18(9-11-22(20)28-29-23)21-15-27-32(4)26(21)34/h9-12,14-15,17,27H,5-8,13,16H2,1-4H3,(H,28,29)/b12-10+/t17-/m1/s1. The third-order valence-electron chi connectivity index (χ3n) is 7.00. The maximum atomic E-state index is 12.4. The van der Waals surface area contributed by atoms with Gasteiger partial charge in [0.25, 0.3) is 5.56 Å². The molecule has 35 heavy (non-hydrogen) atoms. The van der Waals surface area contributed by atoms with E-state index in [0.717, 1.165) is 46.5 Å². The van der Waals surface area contributed by atoms with E-state index in [9.17, 15) is 4.79 Å². The van der Waals surface area contributed by atoms with Gasteiger partial charge in [0.2, 0.25) is 5.88 Å².